The van der Waals surface area contributed by atoms with Crippen LogP contribution >= 0.6 is 0 Å². The lowest BCUT2D eigenvalue weighted by molar-refractivity contribution is 0.649. The SMILES string of the molecule is NC1(N)C=CC(c2ccccc2)(c2cccc3ccccc23)C=C1. The molecular weight excluding hydrogens is 292 g/mol. The van der Waals surface area contributed by atoms with E-state index in [0.717, 1.165) is 0 Å². The van der Waals surface area contributed by atoms with E-state index < -0.39 is 5.66 Å². The number of hydrogen-bond donors (Lipinski definition) is 2. The van der Waals surface area contributed by atoms with E-state index >= 15 is 0 Å². The van der Waals surface area contributed by atoms with Gasteiger partial charge in [0.25, 0.3) is 0 Å². The number of hydrogen-bond acceptors (Lipinski definition) is 2. The third-order valence-corrected chi connectivity index (χ3v) is 4.76. The second-order valence-electron chi connectivity index (χ2n) is 6.43. The summed E-state index contributed by atoms with van der Waals surface area (Å²) in [6, 6.07) is 25.4. The van der Waals surface area contributed by atoms with Gasteiger partial charge in [-0.2, -0.15) is 0 Å². The van der Waals surface area contributed by atoms with Gasteiger partial charge in [0, 0.05) is 0 Å². The minimum atomic E-state index is -0.900. The number of fused-ring (bicyclic) bond motifs is 1. The highest BCUT2D eigenvalue weighted by atomic mass is 14.9. The second-order valence-corrected chi connectivity index (χ2v) is 6.43. The fraction of sp³-hybridized carbons (Fsp3) is 0.0909. The molecule has 2 nitrogen and oxygen atoms in total. The molecule has 0 atom stereocenters. The van der Waals surface area contributed by atoms with Crippen LogP contribution in [-0.2, 0) is 5.41 Å². The first kappa shape index (κ1) is 14.9. The van der Waals surface area contributed by atoms with E-state index in [-0.39, 0.29) is 5.41 Å². The molecule has 0 aliphatic heterocycles. The highest BCUT2D eigenvalue weighted by Crippen LogP contribution is 2.41. The lowest BCUT2D eigenvalue weighted by Gasteiger charge is -2.35. The zero-order valence-electron chi connectivity index (χ0n) is 13.4. The fourth-order valence-corrected chi connectivity index (χ4v) is 3.49. The predicted octanol–water partition coefficient (Wildman–Crippen LogP) is 3.87. The third-order valence-electron chi connectivity index (χ3n) is 4.76. The maximum atomic E-state index is 6.07. The number of nitrogens with two attached hydrogens (primary N) is 2. The predicted molar refractivity (Wildman–Crippen MR) is 101 cm³/mol. The summed E-state index contributed by atoms with van der Waals surface area (Å²) in [6.45, 7) is 0. The Morgan fingerprint density at radius 1 is 0.583 bits per heavy atom. The third kappa shape index (κ3) is 2.37. The molecule has 0 amide bonds. The molecule has 3 aromatic carbocycles. The van der Waals surface area contributed by atoms with Crippen LogP contribution < -0.4 is 11.5 Å². The minimum Gasteiger partial charge on any atom is -0.307 e. The van der Waals surface area contributed by atoms with E-state index in [1.165, 1.54) is 21.9 Å². The van der Waals surface area contributed by atoms with Crippen molar-refractivity contribution in [3.05, 3.63) is 108 Å². The summed E-state index contributed by atoms with van der Waals surface area (Å²) in [4.78, 5) is 0. The van der Waals surface area contributed by atoms with Gasteiger partial charge in [-0.05, 0) is 34.1 Å². The average molecular weight is 312 g/mol. The van der Waals surface area contributed by atoms with Gasteiger partial charge in [-0.3, -0.25) is 0 Å². The van der Waals surface area contributed by atoms with Crippen LogP contribution in [0.2, 0.25) is 0 Å². The molecule has 3 aromatic rings. The van der Waals surface area contributed by atoms with Gasteiger partial charge in [0.2, 0.25) is 0 Å². The normalized spacial score (nSPS) is 17.9. The Morgan fingerprint density at radius 3 is 1.96 bits per heavy atom. The summed E-state index contributed by atoms with van der Waals surface area (Å²) in [5, 5.41) is 2.46. The molecule has 24 heavy (non-hydrogen) atoms. The fourth-order valence-electron chi connectivity index (χ4n) is 3.49. The Kier molecular flexibility index (Phi) is 3.38. The molecule has 0 heterocycles. The molecule has 1 aliphatic carbocycles. The number of benzene rings is 3. The van der Waals surface area contributed by atoms with Crippen LogP contribution in [0.25, 0.3) is 10.8 Å². The molecule has 0 aromatic heterocycles. The van der Waals surface area contributed by atoms with Gasteiger partial charge in [0.15, 0.2) is 0 Å². The van der Waals surface area contributed by atoms with Crippen molar-refractivity contribution in [3.8, 4) is 0 Å². The van der Waals surface area contributed by atoms with E-state index in [4.69, 9.17) is 11.5 Å². The number of rotatable bonds is 2. The van der Waals surface area contributed by atoms with Crippen molar-refractivity contribution >= 4 is 10.8 Å². The Morgan fingerprint density at radius 2 is 1.21 bits per heavy atom. The van der Waals surface area contributed by atoms with Crippen molar-refractivity contribution in [2.24, 2.45) is 11.5 Å². The van der Waals surface area contributed by atoms with Crippen molar-refractivity contribution in [2.45, 2.75) is 11.1 Å². The van der Waals surface area contributed by atoms with Crippen molar-refractivity contribution in [3.63, 3.8) is 0 Å². The second kappa shape index (κ2) is 5.45. The maximum Gasteiger partial charge on any atom is 0.102 e. The first-order chi connectivity index (χ1) is 11.6. The molecule has 2 heteroatoms. The molecule has 1 aliphatic rings. The Balaban J connectivity index is 2.03. The van der Waals surface area contributed by atoms with Crippen LogP contribution in [0, 0.1) is 0 Å². The van der Waals surface area contributed by atoms with Crippen LogP contribution in [0.1, 0.15) is 11.1 Å². The number of allylic oxidation sites excluding steroid dienone is 2. The zero-order valence-corrected chi connectivity index (χ0v) is 13.4. The summed E-state index contributed by atoms with van der Waals surface area (Å²) >= 11 is 0. The summed E-state index contributed by atoms with van der Waals surface area (Å²) in [5.74, 6) is 0. The van der Waals surface area contributed by atoms with Crippen LogP contribution in [0.15, 0.2) is 97.1 Å². The monoisotopic (exact) mass is 312 g/mol. The minimum absolute atomic E-state index is 0.371. The summed E-state index contributed by atoms with van der Waals surface area (Å²) in [6.07, 6.45) is 8.04. The van der Waals surface area contributed by atoms with E-state index in [1.54, 1.807) is 0 Å². The Labute approximate surface area is 142 Å². The van der Waals surface area contributed by atoms with Gasteiger partial charge in [0.1, 0.15) is 5.66 Å². The zero-order chi connectivity index (χ0) is 16.6. The van der Waals surface area contributed by atoms with Gasteiger partial charge in [0.05, 0.1) is 5.41 Å². The van der Waals surface area contributed by atoms with E-state index in [1.807, 2.05) is 18.2 Å². The lowest BCUT2D eigenvalue weighted by Crippen LogP contribution is -2.48. The quantitative estimate of drug-likeness (QED) is 0.557. The van der Waals surface area contributed by atoms with E-state index in [0.29, 0.717) is 0 Å². The molecule has 118 valence electrons. The molecule has 0 bridgehead atoms. The highest BCUT2D eigenvalue weighted by molar-refractivity contribution is 5.88. The lowest BCUT2D eigenvalue weighted by atomic mass is 9.70. The smallest absolute Gasteiger partial charge is 0.102 e. The molecule has 4 N–H and O–H groups in total. The van der Waals surface area contributed by atoms with Crippen LogP contribution in [-0.4, -0.2) is 5.66 Å². The summed E-state index contributed by atoms with van der Waals surface area (Å²) in [5.41, 5.74) is 13.3. The first-order valence-electron chi connectivity index (χ1n) is 8.13. The van der Waals surface area contributed by atoms with Gasteiger partial charge in [-0.15, -0.1) is 0 Å². The maximum absolute atomic E-state index is 6.07. The molecule has 0 spiro atoms. The summed E-state index contributed by atoms with van der Waals surface area (Å²) in [7, 11) is 0. The molecule has 0 fully saturated rings. The van der Waals surface area contributed by atoms with Crippen LogP contribution in [0.3, 0.4) is 0 Å². The molecular formula is C22H20N2. The van der Waals surface area contributed by atoms with Gasteiger partial charge in [-0.25, -0.2) is 0 Å². The Hall–Kier alpha value is -2.68. The van der Waals surface area contributed by atoms with Crippen LogP contribution in [0.4, 0.5) is 0 Å². The van der Waals surface area contributed by atoms with Crippen LogP contribution in [0.5, 0.6) is 0 Å². The van der Waals surface area contributed by atoms with Gasteiger partial charge in [-0.1, -0.05) is 84.9 Å². The van der Waals surface area contributed by atoms with Crippen molar-refractivity contribution in [2.75, 3.05) is 0 Å². The first-order valence-corrected chi connectivity index (χ1v) is 8.13. The summed E-state index contributed by atoms with van der Waals surface area (Å²) < 4.78 is 0. The van der Waals surface area contributed by atoms with Gasteiger partial charge < -0.3 is 11.5 Å². The molecule has 4 rings (SSSR count). The molecule has 0 radical (unpaired) electrons. The standard InChI is InChI=1S/C22H20N2/c23-22(24)15-13-21(14-16-22,18-9-2-1-3-10-18)20-12-6-8-17-7-4-5-11-19(17)20/h1-16H,23-24H2. The average Bonchev–Trinajstić information content (AvgIpc) is 2.63. The highest BCUT2D eigenvalue weighted by Gasteiger charge is 2.34. The molecule has 0 saturated heterocycles. The Bertz CT molecular complexity index is 915. The van der Waals surface area contributed by atoms with Gasteiger partial charge >= 0.3 is 0 Å². The molecule has 0 saturated carbocycles. The van der Waals surface area contributed by atoms with Crippen molar-refractivity contribution < 1.29 is 0 Å². The largest absolute Gasteiger partial charge is 0.307 e. The van der Waals surface area contributed by atoms with E-state index in [2.05, 4.69) is 78.9 Å². The van der Waals surface area contributed by atoms with Crippen molar-refractivity contribution in [1.82, 2.24) is 0 Å². The van der Waals surface area contributed by atoms with Crippen molar-refractivity contribution in [1.29, 1.82) is 0 Å². The van der Waals surface area contributed by atoms with E-state index in [9.17, 15) is 0 Å². The molecule has 0 unspecified atom stereocenters. The topological polar surface area (TPSA) is 52.0 Å².